The van der Waals surface area contributed by atoms with Crippen LogP contribution in [0.4, 0.5) is 4.39 Å². The Bertz CT molecular complexity index is 127. The van der Waals surface area contributed by atoms with Gasteiger partial charge in [-0.15, -0.1) is 0 Å². The second-order valence-corrected chi connectivity index (χ2v) is 3.54. The van der Waals surface area contributed by atoms with Crippen LogP contribution in [-0.2, 0) is 0 Å². The Hall–Kier alpha value is -0.150. The lowest BCUT2D eigenvalue weighted by Crippen LogP contribution is -2.45. The van der Waals surface area contributed by atoms with Crippen LogP contribution in [0, 0.1) is 0 Å². The summed E-state index contributed by atoms with van der Waals surface area (Å²) in [4.78, 5) is 0. The van der Waals surface area contributed by atoms with E-state index in [0.717, 1.165) is 0 Å². The summed E-state index contributed by atoms with van der Waals surface area (Å²) in [5, 5.41) is 8.63. The summed E-state index contributed by atoms with van der Waals surface area (Å²) in [5.74, 6) is 0. The fourth-order valence-electron chi connectivity index (χ4n) is 1.30. The van der Waals surface area contributed by atoms with E-state index < -0.39 is 6.17 Å². The standard InChI is InChI=1S/C7H15FNO/c1-9(2,3-4-10)7-5-6(7)8/h6-7,10H,3-5H2,1-2H3/q+1. The average molecular weight is 148 g/mol. The van der Waals surface area contributed by atoms with Crippen LogP contribution >= 0.6 is 0 Å². The lowest BCUT2D eigenvalue weighted by molar-refractivity contribution is -0.902. The fraction of sp³-hybridized carbons (Fsp3) is 1.00. The highest BCUT2D eigenvalue weighted by atomic mass is 19.1. The van der Waals surface area contributed by atoms with Gasteiger partial charge in [-0.1, -0.05) is 0 Å². The molecule has 2 nitrogen and oxygen atoms in total. The molecule has 1 saturated carbocycles. The van der Waals surface area contributed by atoms with Gasteiger partial charge < -0.3 is 9.59 Å². The van der Waals surface area contributed by atoms with E-state index in [1.165, 1.54) is 0 Å². The molecule has 0 saturated heterocycles. The van der Waals surface area contributed by atoms with E-state index >= 15 is 0 Å². The number of rotatable bonds is 3. The monoisotopic (exact) mass is 148 g/mol. The molecule has 0 spiro atoms. The first-order chi connectivity index (χ1) is 4.58. The molecule has 10 heavy (non-hydrogen) atoms. The molecule has 0 aromatic heterocycles. The predicted octanol–water partition coefficient (Wildman–Crippen LogP) is 0.166. The highest BCUT2D eigenvalue weighted by molar-refractivity contribution is 4.88. The van der Waals surface area contributed by atoms with Crippen molar-refractivity contribution in [3.8, 4) is 0 Å². The lowest BCUT2D eigenvalue weighted by Gasteiger charge is -2.28. The minimum atomic E-state index is -0.624. The number of hydrogen-bond acceptors (Lipinski definition) is 1. The van der Waals surface area contributed by atoms with Crippen molar-refractivity contribution in [3.05, 3.63) is 0 Å². The topological polar surface area (TPSA) is 20.2 Å². The summed E-state index contributed by atoms with van der Waals surface area (Å²) in [7, 11) is 3.92. The largest absolute Gasteiger partial charge is 0.391 e. The van der Waals surface area contributed by atoms with Crippen molar-refractivity contribution < 1.29 is 14.0 Å². The molecule has 0 aromatic rings. The van der Waals surface area contributed by atoms with E-state index in [9.17, 15) is 4.39 Å². The van der Waals surface area contributed by atoms with Crippen LogP contribution in [0.1, 0.15) is 6.42 Å². The van der Waals surface area contributed by atoms with Gasteiger partial charge >= 0.3 is 0 Å². The molecule has 0 aromatic carbocycles. The van der Waals surface area contributed by atoms with Gasteiger partial charge in [0.25, 0.3) is 0 Å². The molecule has 60 valence electrons. The minimum absolute atomic E-state index is 0.146. The van der Waals surface area contributed by atoms with Crippen molar-refractivity contribution in [1.82, 2.24) is 0 Å². The molecule has 0 amide bonds. The summed E-state index contributed by atoms with van der Waals surface area (Å²) in [6, 6.07) is 0.146. The van der Waals surface area contributed by atoms with Gasteiger partial charge in [0, 0.05) is 6.42 Å². The van der Waals surface area contributed by atoms with Crippen molar-refractivity contribution >= 4 is 0 Å². The molecule has 1 aliphatic carbocycles. The van der Waals surface area contributed by atoms with Gasteiger partial charge in [0.15, 0.2) is 6.17 Å². The number of aliphatic hydroxyl groups excluding tert-OH is 1. The summed E-state index contributed by atoms with van der Waals surface area (Å²) in [5.41, 5.74) is 0. The molecule has 0 bridgehead atoms. The molecule has 2 atom stereocenters. The molecule has 1 N–H and O–H groups in total. The fourth-order valence-corrected chi connectivity index (χ4v) is 1.30. The Labute approximate surface area is 60.9 Å². The zero-order valence-electron chi connectivity index (χ0n) is 6.55. The number of aliphatic hydroxyl groups is 1. The van der Waals surface area contributed by atoms with Crippen LogP contribution in [0.5, 0.6) is 0 Å². The van der Waals surface area contributed by atoms with Crippen LogP contribution in [-0.4, -0.2) is 49.1 Å². The molecule has 0 aliphatic heterocycles. The van der Waals surface area contributed by atoms with Crippen LogP contribution in [0.2, 0.25) is 0 Å². The molecular weight excluding hydrogens is 133 g/mol. The van der Waals surface area contributed by atoms with Crippen LogP contribution in [0.15, 0.2) is 0 Å². The number of quaternary nitrogens is 1. The van der Waals surface area contributed by atoms with Gasteiger partial charge in [-0.05, 0) is 0 Å². The molecule has 0 radical (unpaired) electrons. The SMILES string of the molecule is C[N+](C)(CCO)C1CC1F. The summed E-state index contributed by atoms with van der Waals surface area (Å²) >= 11 is 0. The molecule has 3 heteroatoms. The second kappa shape index (κ2) is 2.47. The van der Waals surface area contributed by atoms with Gasteiger partial charge in [0.1, 0.15) is 12.6 Å². The number of hydrogen-bond donors (Lipinski definition) is 1. The Morgan fingerprint density at radius 2 is 2.10 bits per heavy atom. The first kappa shape index (κ1) is 7.95. The third-order valence-electron chi connectivity index (χ3n) is 2.26. The number of likely N-dealkylation sites (N-methyl/N-ethyl adjacent to an activating group) is 1. The highest BCUT2D eigenvalue weighted by Crippen LogP contribution is 2.34. The zero-order chi connectivity index (χ0) is 7.78. The molecule has 0 heterocycles. The van der Waals surface area contributed by atoms with Crippen molar-refractivity contribution in [3.63, 3.8) is 0 Å². The molecule has 1 fully saturated rings. The first-order valence-electron chi connectivity index (χ1n) is 3.65. The first-order valence-corrected chi connectivity index (χ1v) is 3.65. The maximum absolute atomic E-state index is 12.5. The van der Waals surface area contributed by atoms with Gasteiger partial charge in [-0.25, -0.2) is 4.39 Å². The van der Waals surface area contributed by atoms with E-state index in [1.54, 1.807) is 0 Å². The van der Waals surface area contributed by atoms with Crippen molar-refractivity contribution in [2.75, 3.05) is 27.2 Å². The van der Waals surface area contributed by atoms with E-state index in [2.05, 4.69) is 0 Å². The second-order valence-electron chi connectivity index (χ2n) is 3.54. The minimum Gasteiger partial charge on any atom is -0.391 e. The predicted molar refractivity (Wildman–Crippen MR) is 37.4 cm³/mol. The van der Waals surface area contributed by atoms with Crippen LogP contribution < -0.4 is 0 Å². The molecule has 1 rings (SSSR count). The van der Waals surface area contributed by atoms with Crippen molar-refractivity contribution in [1.29, 1.82) is 0 Å². The highest BCUT2D eigenvalue weighted by Gasteiger charge is 2.49. The lowest BCUT2D eigenvalue weighted by atomic mass is 10.4. The Balaban J connectivity index is 2.36. The summed E-state index contributed by atoms with van der Waals surface area (Å²) in [6.07, 6.45) is 0.0500. The van der Waals surface area contributed by atoms with E-state index in [1.807, 2.05) is 14.1 Å². The van der Waals surface area contributed by atoms with Gasteiger partial charge in [-0.3, -0.25) is 0 Å². The van der Waals surface area contributed by atoms with Gasteiger partial charge in [0.2, 0.25) is 0 Å². The van der Waals surface area contributed by atoms with E-state index in [4.69, 9.17) is 5.11 Å². The number of alkyl halides is 1. The third kappa shape index (κ3) is 1.47. The summed E-state index contributed by atoms with van der Waals surface area (Å²) in [6.45, 7) is 0.807. The smallest absolute Gasteiger partial charge is 0.157 e. The third-order valence-corrected chi connectivity index (χ3v) is 2.26. The Morgan fingerprint density at radius 3 is 2.40 bits per heavy atom. The zero-order valence-corrected chi connectivity index (χ0v) is 6.55. The molecular formula is C7H15FNO+. The maximum atomic E-state index is 12.5. The van der Waals surface area contributed by atoms with E-state index in [-0.39, 0.29) is 12.6 Å². The quantitative estimate of drug-likeness (QED) is 0.565. The number of halogens is 1. The Morgan fingerprint density at radius 1 is 1.60 bits per heavy atom. The van der Waals surface area contributed by atoms with Gasteiger partial charge in [0.05, 0.1) is 20.7 Å². The van der Waals surface area contributed by atoms with Gasteiger partial charge in [-0.2, -0.15) is 0 Å². The van der Waals surface area contributed by atoms with E-state index in [0.29, 0.717) is 17.4 Å². The molecule has 1 aliphatic rings. The van der Waals surface area contributed by atoms with Crippen molar-refractivity contribution in [2.24, 2.45) is 0 Å². The normalized spacial score (nSPS) is 32.4. The maximum Gasteiger partial charge on any atom is 0.157 e. The molecule has 2 unspecified atom stereocenters. The van der Waals surface area contributed by atoms with Crippen molar-refractivity contribution in [2.45, 2.75) is 18.6 Å². The summed E-state index contributed by atoms with van der Waals surface area (Å²) < 4.78 is 13.1. The van der Waals surface area contributed by atoms with Crippen LogP contribution in [0.25, 0.3) is 0 Å². The number of nitrogens with zero attached hydrogens (tertiary/aromatic N) is 1. The Kier molecular flexibility index (Phi) is 1.97. The van der Waals surface area contributed by atoms with Crippen LogP contribution in [0.3, 0.4) is 0 Å². The average Bonchev–Trinajstić information content (AvgIpc) is 2.46.